The van der Waals surface area contributed by atoms with E-state index < -0.39 is 0 Å². The van der Waals surface area contributed by atoms with Crippen molar-refractivity contribution in [3.63, 3.8) is 0 Å². The van der Waals surface area contributed by atoms with Crippen molar-refractivity contribution in [1.29, 1.82) is 0 Å². The van der Waals surface area contributed by atoms with E-state index in [4.69, 9.17) is 14.4 Å². The Balaban J connectivity index is 1.13. The van der Waals surface area contributed by atoms with E-state index in [1.165, 1.54) is 16.6 Å². The molecule has 0 spiro atoms. The first-order valence-corrected chi connectivity index (χ1v) is 18.8. The lowest BCUT2D eigenvalue weighted by atomic mass is 9.52. The van der Waals surface area contributed by atoms with Crippen molar-refractivity contribution in [3.8, 4) is 34.4 Å². The third-order valence-electron chi connectivity index (χ3n) is 10.9. The summed E-state index contributed by atoms with van der Waals surface area (Å²) in [6.07, 6.45) is 5.50. The SMILES string of the molecule is Cc1cccc(C)c1B1Oc2c(C(C)(C)C)ccnc2-n2c3cc(Oc4cccc(-n5[c-][n+](-c6ccccc6)c6ccccc65)c4)ccc3c3cccc1c32. The number of para-hydroxylation sites is 4. The summed E-state index contributed by atoms with van der Waals surface area (Å²) in [4.78, 5) is 5.07. The van der Waals surface area contributed by atoms with E-state index >= 15 is 0 Å². The average Bonchev–Trinajstić information content (AvgIpc) is 3.69. The molecule has 0 saturated heterocycles. The Labute approximate surface area is 321 Å². The summed E-state index contributed by atoms with van der Waals surface area (Å²) in [5.41, 5.74) is 11.9. The van der Waals surface area contributed by atoms with Crippen LogP contribution in [0.1, 0.15) is 37.5 Å². The molecule has 0 amide bonds. The summed E-state index contributed by atoms with van der Waals surface area (Å²) in [5.74, 6) is 3.05. The van der Waals surface area contributed by atoms with Crippen LogP contribution in [0.25, 0.3) is 50.0 Å². The molecule has 6 nitrogen and oxygen atoms in total. The van der Waals surface area contributed by atoms with Crippen LogP contribution in [0.3, 0.4) is 0 Å². The van der Waals surface area contributed by atoms with Crippen LogP contribution in [0.2, 0.25) is 0 Å². The van der Waals surface area contributed by atoms with Crippen LogP contribution in [0.4, 0.5) is 0 Å². The molecule has 7 heteroatoms. The molecule has 266 valence electrons. The third kappa shape index (κ3) is 5.33. The molecule has 0 radical (unpaired) electrons. The maximum absolute atomic E-state index is 7.26. The van der Waals surface area contributed by atoms with Gasteiger partial charge < -0.3 is 9.39 Å². The Morgan fingerprint density at radius 3 is 2.27 bits per heavy atom. The number of nitrogens with zero attached hydrogens (tertiary/aromatic N) is 4. The van der Waals surface area contributed by atoms with Gasteiger partial charge in [-0.05, 0) is 78.7 Å². The van der Waals surface area contributed by atoms with Crippen molar-refractivity contribution in [2.24, 2.45) is 0 Å². The quantitative estimate of drug-likeness (QED) is 0.101. The van der Waals surface area contributed by atoms with Gasteiger partial charge >= 0.3 is 6.92 Å². The molecule has 0 unspecified atom stereocenters. The van der Waals surface area contributed by atoms with Gasteiger partial charge in [-0.15, -0.1) is 0 Å². The molecule has 4 heterocycles. The molecule has 0 bridgehead atoms. The van der Waals surface area contributed by atoms with Crippen LogP contribution < -0.4 is 24.9 Å². The van der Waals surface area contributed by atoms with Crippen molar-refractivity contribution in [1.82, 2.24) is 14.1 Å². The minimum Gasteiger partial charge on any atom is -0.549 e. The fraction of sp³-hybridized carbons (Fsp3) is 0.125. The zero-order valence-corrected chi connectivity index (χ0v) is 31.5. The Kier molecular flexibility index (Phi) is 7.50. The van der Waals surface area contributed by atoms with Gasteiger partial charge in [0.1, 0.15) is 17.2 Å². The van der Waals surface area contributed by atoms with Crippen LogP contribution in [0.5, 0.6) is 17.2 Å². The number of pyridine rings is 1. The van der Waals surface area contributed by atoms with Crippen molar-refractivity contribution in [2.75, 3.05) is 0 Å². The molecule has 0 fully saturated rings. The smallest absolute Gasteiger partial charge is 0.429 e. The number of imidazole rings is 1. The molecule has 1 aliphatic heterocycles. The van der Waals surface area contributed by atoms with E-state index in [-0.39, 0.29) is 12.3 Å². The first kappa shape index (κ1) is 33.0. The Bertz CT molecular complexity index is 2940. The molecule has 0 N–H and O–H groups in total. The molecule has 1 aliphatic rings. The van der Waals surface area contributed by atoms with Gasteiger partial charge in [0, 0.05) is 28.6 Å². The lowest BCUT2D eigenvalue weighted by Crippen LogP contribution is -2.50. The second kappa shape index (κ2) is 12.5. The van der Waals surface area contributed by atoms with E-state index in [1.54, 1.807) is 0 Å². The lowest BCUT2D eigenvalue weighted by molar-refractivity contribution is -0.572. The molecular formula is C48H39BN4O2. The standard InChI is InChI=1S/C48H39BN4O2/c1-31-14-11-15-32(2)44(31)49-40-21-13-20-38-37-25-24-36(29-43(37)53(45(38)40)47-46(55-49)39(26-27-50-47)48(3,4)5)54-35-19-12-18-34(28-35)52-30-51(33-16-7-6-8-17-33)41-22-9-10-23-42(41)52/h6-29H,1-5H3. The van der Waals surface area contributed by atoms with Crippen LogP contribution in [0.15, 0.2) is 146 Å². The van der Waals surface area contributed by atoms with Gasteiger partial charge in [0.2, 0.25) is 0 Å². The molecule has 0 atom stereocenters. The monoisotopic (exact) mass is 714 g/mol. The maximum atomic E-state index is 7.26. The van der Waals surface area contributed by atoms with Crippen molar-refractivity contribution < 1.29 is 14.0 Å². The number of benzene rings is 6. The Hall–Kier alpha value is -6.60. The summed E-state index contributed by atoms with van der Waals surface area (Å²) >= 11 is 0. The van der Waals surface area contributed by atoms with Gasteiger partial charge in [0.05, 0.1) is 33.4 Å². The van der Waals surface area contributed by atoms with Gasteiger partial charge in [0.15, 0.2) is 5.82 Å². The molecule has 55 heavy (non-hydrogen) atoms. The number of hydrogen-bond donors (Lipinski definition) is 0. The number of rotatable bonds is 5. The topological polar surface area (TPSA) is 45.1 Å². The fourth-order valence-electron chi connectivity index (χ4n) is 8.35. The van der Waals surface area contributed by atoms with Gasteiger partial charge in [-0.1, -0.05) is 117 Å². The molecule has 0 aliphatic carbocycles. The van der Waals surface area contributed by atoms with Gasteiger partial charge in [-0.2, -0.15) is 0 Å². The molecular weight excluding hydrogens is 675 g/mol. The van der Waals surface area contributed by atoms with Crippen LogP contribution in [0, 0.1) is 20.2 Å². The number of aryl methyl sites for hydroxylation is 2. The number of fused-ring (bicyclic) bond motifs is 6. The summed E-state index contributed by atoms with van der Waals surface area (Å²) in [7, 11) is 0. The number of aromatic nitrogens is 4. The lowest BCUT2D eigenvalue weighted by Gasteiger charge is -2.26. The van der Waals surface area contributed by atoms with Crippen molar-refractivity contribution >= 4 is 50.7 Å². The Morgan fingerprint density at radius 1 is 0.709 bits per heavy atom. The zero-order chi connectivity index (χ0) is 37.4. The van der Waals surface area contributed by atoms with E-state index in [2.05, 4.69) is 164 Å². The van der Waals surface area contributed by atoms with E-state index in [0.717, 1.165) is 78.3 Å². The fourth-order valence-corrected chi connectivity index (χ4v) is 8.35. The normalized spacial score (nSPS) is 12.6. The predicted molar refractivity (Wildman–Crippen MR) is 223 cm³/mol. The molecule has 0 saturated carbocycles. The van der Waals surface area contributed by atoms with E-state index in [9.17, 15) is 0 Å². The highest BCUT2D eigenvalue weighted by Gasteiger charge is 2.37. The minimum absolute atomic E-state index is 0.181. The first-order chi connectivity index (χ1) is 26.7. The van der Waals surface area contributed by atoms with E-state index in [1.807, 2.05) is 36.5 Å². The highest BCUT2D eigenvalue weighted by atomic mass is 16.5. The zero-order valence-electron chi connectivity index (χ0n) is 31.5. The van der Waals surface area contributed by atoms with Gasteiger partial charge in [-0.25, -0.2) is 4.98 Å². The highest BCUT2D eigenvalue weighted by Crippen LogP contribution is 2.42. The first-order valence-electron chi connectivity index (χ1n) is 18.8. The highest BCUT2D eigenvalue weighted by molar-refractivity contribution is 6.83. The summed E-state index contributed by atoms with van der Waals surface area (Å²) < 4.78 is 20.5. The summed E-state index contributed by atoms with van der Waals surface area (Å²) in [6.45, 7) is 10.7. The van der Waals surface area contributed by atoms with Crippen molar-refractivity contribution in [2.45, 2.75) is 40.0 Å². The number of ether oxygens (including phenoxy) is 1. The third-order valence-corrected chi connectivity index (χ3v) is 10.9. The largest absolute Gasteiger partial charge is 0.549 e. The average molecular weight is 715 g/mol. The van der Waals surface area contributed by atoms with Gasteiger partial charge in [0.25, 0.3) is 6.33 Å². The Morgan fingerprint density at radius 2 is 1.45 bits per heavy atom. The van der Waals surface area contributed by atoms with Crippen molar-refractivity contribution in [3.05, 3.63) is 169 Å². The maximum Gasteiger partial charge on any atom is 0.429 e. The predicted octanol–water partition coefficient (Wildman–Crippen LogP) is 9.40. The van der Waals surface area contributed by atoms with Crippen LogP contribution in [-0.4, -0.2) is 21.0 Å². The molecule has 9 aromatic rings. The number of hydrogen-bond acceptors (Lipinski definition) is 3. The minimum atomic E-state index is -0.319. The summed E-state index contributed by atoms with van der Waals surface area (Å²) in [6, 6.07) is 48.4. The van der Waals surface area contributed by atoms with Crippen LogP contribution in [-0.2, 0) is 5.41 Å². The van der Waals surface area contributed by atoms with E-state index in [0.29, 0.717) is 0 Å². The molecule has 3 aromatic heterocycles. The molecule has 6 aromatic carbocycles. The second-order valence-corrected chi connectivity index (χ2v) is 15.5. The molecule has 10 rings (SSSR count). The summed E-state index contributed by atoms with van der Waals surface area (Å²) in [5, 5.41) is 2.28. The van der Waals surface area contributed by atoms with Gasteiger partial charge in [-0.3, -0.25) is 13.7 Å². The second-order valence-electron chi connectivity index (χ2n) is 15.5. The van der Waals surface area contributed by atoms with Crippen LogP contribution >= 0.6 is 0 Å².